The number of hydrogen-bond acceptors (Lipinski definition) is 2. The van der Waals surface area contributed by atoms with Gasteiger partial charge in [0.1, 0.15) is 0 Å². The Morgan fingerprint density at radius 3 is 2.50 bits per heavy atom. The lowest BCUT2D eigenvalue weighted by Crippen LogP contribution is -2.25. The maximum Gasteiger partial charge on any atom is 0.171 e. The summed E-state index contributed by atoms with van der Waals surface area (Å²) in [6.07, 6.45) is 3.11. The summed E-state index contributed by atoms with van der Waals surface area (Å²) in [7, 11) is 0. The fourth-order valence-corrected chi connectivity index (χ4v) is 2.08. The van der Waals surface area contributed by atoms with Crippen molar-refractivity contribution in [3.05, 3.63) is 41.3 Å². The number of carbonyl (C=O) groups excluding carboxylic acids is 2. The first kappa shape index (κ1) is 11.1. The maximum atomic E-state index is 12.1. The van der Waals surface area contributed by atoms with Crippen LogP contribution in [0.4, 0.5) is 0 Å². The highest BCUT2D eigenvalue weighted by molar-refractivity contribution is 6.20. The van der Waals surface area contributed by atoms with E-state index >= 15 is 0 Å². The number of Topliss-reactive ketones (excluding diaryl/α,β-unsaturated/α-hetero) is 2. The first-order chi connectivity index (χ1) is 7.74. The Labute approximate surface area is 95.7 Å². The molecule has 0 bridgehead atoms. The van der Waals surface area contributed by atoms with Crippen LogP contribution in [0.5, 0.6) is 0 Å². The summed E-state index contributed by atoms with van der Waals surface area (Å²) in [5.74, 6) is 0.940. The summed E-state index contributed by atoms with van der Waals surface area (Å²) in [5.41, 5.74) is 1.18. The molecule has 2 nitrogen and oxygen atoms in total. The number of ketones is 2. The van der Waals surface area contributed by atoms with Gasteiger partial charge >= 0.3 is 0 Å². The molecule has 0 saturated heterocycles. The lowest BCUT2D eigenvalue weighted by atomic mass is 9.79. The highest BCUT2D eigenvalue weighted by Crippen LogP contribution is 2.30. The van der Waals surface area contributed by atoms with Crippen molar-refractivity contribution >= 4 is 11.6 Å². The molecule has 0 spiro atoms. The highest BCUT2D eigenvalue weighted by atomic mass is 16.1. The quantitative estimate of drug-likeness (QED) is 0.775. The molecule has 0 unspecified atom stereocenters. The molecule has 2 heteroatoms. The van der Waals surface area contributed by atoms with Gasteiger partial charge in [0.2, 0.25) is 0 Å². The van der Waals surface area contributed by atoms with Crippen molar-refractivity contribution in [3.63, 3.8) is 0 Å². The molecule has 0 heterocycles. The monoisotopic (exact) mass is 215 g/mol. The molecule has 0 saturated carbocycles. The van der Waals surface area contributed by atoms with Crippen LogP contribution in [0.25, 0.3) is 0 Å². The first-order valence-electron chi connectivity index (χ1n) is 5.75. The average Bonchev–Trinajstić information content (AvgIpc) is 2.32. The molecular weight excluding hydrogens is 200 g/mol. The van der Waals surface area contributed by atoms with Gasteiger partial charge in [-0.25, -0.2) is 0 Å². The van der Waals surface area contributed by atoms with Gasteiger partial charge in [-0.2, -0.15) is 0 Å². The summed E-state index contributed by atoms with van der Waals surface area (Å²) in [4.78, 5) is 23.9. The van der Waals surface area contributed by atoms with E-state index in [4.69, 9.17) is 0 Å². The molecule has 0 N–H and O–H groups in total. The molecule has 0 aromatic heterocycles. The van der Waals surface area contributed by atoms with E-state index < -0.39 is 0 Å². The van der Waals surface area contributed by atoms with Crippen molar-refractivity contribution in [2.45, 2.75) is 32.6 Å². The van der Waals surface area contributed by atoms with Crippen molar-refractivity contribution in [3.8, 4) is 0 Å². The zero-order chi connectivity index (χ0) is 11.5. The maximum absolute atomic E-state index is 12.1. The predicted molar refractivity (Wildman–Crippen MR) is 62.5 cm³/mol. The molecule has 1 aromatic rings. The van der Waals surface area contributed by atoms with Crippen LogP contribution in [0.2, 0.25) is 0 Å². The minimum absolute atomic E-state index is 0.0728. The minimum atomic E-state index is 0.0728. The van der Waals surface area contributed by atoms with Crippen molar-refractivity contribution in [1.29, 1.82) is 0 Å². The van der Waals surface area contributed by atoms with Crippen molar-refractivity contribution in [2.75, 3.05) is 0 Å². The van der Waals surface area contributed by atoms with Crippen molar-refractivity contribution < 1.29 is 9.59 Å². The topological polar surface area (TPSA) is 34.1 Å². The molecule has 1 radical (unpaired) electrons. The third-order valence-corrected chi connectivity index (χ3v) is 3.00. The summed E-state index contributed by atoms with van der Waals surface area (Å²) in [6, 6.07) is 7.11. The molecular formula is C14H15O2. The number of carbonyl (C=O) groups is 2. The van der Waals surface area contributed by atoms with Gasteiger partial charge < -0.3 is 0 Å². The van der Waals surface area contributed by atoms with E-state index in [-0.39, 0.29) is 11.6 Å². The van der Waals surface area contributed by atoms with Gasteiger partial charge in [0, 0.05) is 17.5 Å². The van der Waals surface area contributed by atoms with Crippen LogP contribution in [0.15, 0.2) is 24.3 Å². The van der Waals surface area contributed by atoms with Crippen LogP contribution in [0.1, 0.15) is 53.3 Å². The van der Waals surface area contributed by atoms with Crippen molar-refractivity contribution in [1.82, 2.24) is 0 Å². The largest absolute Gasteiger partial charge is 0.294 e. The second kappa shape index (κ2) is 4.60. The standard InChI is InChI=1S/C14H15O2/c1-2-3-6-10-9-13(15)11-7-4-5-8-12(11)14(10)16/h4-5,7-8H,2-3,6,9H2,1H3. The molecule has 83 valence electrons. The summed E-state index contributed by atoms with van der Waals surface area (Å²) in [5, 5.41) is 0. The van der Waals surface area contributed by atoms with Crippen LogP contribution in [-0.4, -0.2) is 11.6 Å². The summed E-state index contributed by atoms with van der Waals surface area (Å²) >= 11 is 0. The van der Waals surface area contributed by atoms with Gasteiger partial charge in [0.25, 0.3) is 0 Å². The molecule has 0 atom stereocenters. The second-order valence-corrected chi connectivity index (χ2v) is 4.18. The van der Waals surface area contributed by atoms with Crippen LogP contribution in [-0.2, 0) is 0 Å². The second-order valence-electron chi connectivity index (χ2n) is 4.18. The smallest absolute Gasteiger partial charge is 0.171 e. The Morgan fingerprint density at radius 1 is 1.12 bits per heavy atom. The van der Waals surface area contributed by atoms with E-state index in [1.807, 2.05) is 6.07 Å². The Morgan fingerprint density at radius 2 is 1.81 bits per heavy atom. The van der Waals surface area contributed by atoms with E-state index in [9.17, 15) is 9.59 Å². The number of fused-ring (bicyclic) bond motifs is 1. The molecule has 0 amide bonds. The molecule has 2 rings (SSSR count). The molecule has 1 aliphatic carbocycles. The van der Waals surface area contributed by atoms with E-state index in [0.29, 0.717) is 17.5 Å². The van der Waals surface area contributed by atoms with E-state index in [1.54, 1.807) is 18.2 Å². The molecule has 1 aliphatic rings. The highest BCUT2D eigenvalue weighted by Gasteiger charge is 2.31. The third-order valence-electron chi connectivity index (χ3n) is 3.00. The number of benzene rings is 1. The van der Waals surface area contributed by atoms with Crippen LogP contribution < -0.4 is 0 Å². The summed E-state index contributed by atoms with van der Waals surface area (Å²) in [6.45, 7) is 2.09. The van der Waals surface area contributed by atoms with Crippen LogP contribution in [0, 0.1) is 5.92 Å². The Kier molecular flexibility index (Phi) is 3.18. The van der Waals surface area contributed by atoms with Gasteiger partial charge in [-0.1, -0.05) is 44.0 Å². The van der Waals surface area contributed by atoms with Gasteiger partial charge in [-0.3, -0.25) is 9.59 Å². The predicted octanol–water partition coefficient (Wildman–Crippen LogP) is 3.22. The van der Waals surface area contributed by atoms with Crippen LogP contribution in [0.3, 0.4) is 0 Å². The lowest BCUT2D eigenvalue weighted by Gasteiger charge is -2.21. The van der Waals surface area contributed by atoms with Gasteiger partial charge in [0.15, 0.2) is 11.6 Å². The SMILES string of the molecule is CCCC[C]1CC(=O)c2ccccc2C1=O. The molecule has 0 fully saturated rings. The van der Waals surface area contributed by atoms with Gasteiger partial charge in [-0.15, -0.1) is 0 Å². The summed E-state index contributed by atoms with van der Waals surface area (Å²) < 4.78 is 0. The number of rotatable bonds is 3. The van der Waals surface area contributed by atoms with Crippen molar-refractivity contribution in [2.24, 2.45) is 0 Å². The number of hydrogen-bond donors (Lipinski definition) is 0. The zero-order valence-electron chi connectivity index (χ0n) is 9.45. The normalized spacial score (nSPS) is 16.3. The third kappa shape index (κ3) is 1.92. The van der Waals surface area contributed by atoms with Gasteiger partial charge in [0.05, 0.1) is 5.92 Å². The first-order valence-corrected chi connectivity index (χ1v) is 5.75. The molecule has 1 aromatic carbocycles. The van der Waals surface area contributed by atoms with E-state index in [0.717, 1.165) is 25.2 Å². The Bertz CT molecular complexity index is 420. The van der Waals surface area contributed by atoms with E-state index in [1.165, 1.54) is 0 Å². The number of unbranched alkanes of at least 4 members (excludes halogenated alkanes) is 1. The zero-order valence-corrected chi connectivity index (χ0v) is 9.45. The van der Waals surface area contributed by atoms with Crippen LogP contribution >= 0.6 is 0 Å². The fraction of sp³-hybridized carbons (Fsp3) is 0.357. The molecule has 16 heavy (non-hydrogen) atoms. The molecule has 0 aliphatic heterocycles. The van der Waals surface area contributed by atoms with Gasteiger partial charge in [-0.05, 0) is 6.42 Å². The lowest BCUT2D eigenvalue weighted by molar-refractivity contribution is 0.0906. The Hall–Kier alpha value is -1.44. The minimum Gasteiger partial charge on any atom is -0.294 e. The average molecular weight is 215 g/mol. The van der Waals surface area contributed by atoms with E-state index in [2.05, 4.69) is 6.92 Å². The Balaban J connectivity index is 2.27. The fourth-order valence-electron chi connectivity index (χ4n) is 2.08.